The Kier molecular flexibility index (Phi) is 5.30. The third kappa shape index (κ3) is 4.02. The number of hydrogen-bond donors (Lipinski definition) is 1. The Morgan fingerprint density at radius 3 is 2.74 bits per heavy atom. The van der Waals surface area contributed by atoms with Gasteiger partial charge in [0.05, 0.1) is 5.75 Å². The number of aromatic nitrogens is 2. The van der Waals surface area contributed by atoms with Gasteiger partial charge in [0.25, 0.3) is 11.1 Å². The van der Waals surface area contributed by atoms with Crippen molar-refractivity contribution in [1.82, 2.24) is 9.36 Å². The average molecular weight is 398 g/mol. The van der Waals surface area contributed by atoms with Crippen molar-refractivity contribution in [2.45, 2.75) is 12.1 Å². The molecule has 1 heterocycles. The van der Waals surface area contributed by atoms with Crippen LogP contribution in [0.4, 0.5) is 5.13 Å². The van der Waals surface area contributed by atoms with Crippen LogP contribution in [-0.4, -0.2) is 29.4 Å². The Morgan fingerprint density at radius 2 is 2.00 bits per heavy atom. The molecule has 0 fully saturated rings. The van der Waals surface area contributed by atoms with Gasteiger partial charge in [-0.3, -0.25) is 10.1 Å². The molecule has 27 heavy (non-hydrogen) atoms. The van der Waals surface area contributed by atoms with E-state index in [0.717, 1.165) is 27.9 Å². The molecule has 0 spiro atoms. The topological polar surface area (TPSA) is 113 Å². The lowest BCUT2D eigenvalue weighted by atomic mass is 10.0. The second kappa shape index (κ2) is 7.65. The fraction of sp³-hybridized carbons (Fsp3) is 0.111. The number of sulfone groups is 1. The SMILES string of the molecule is CCS(=O)(=O)c1nsc(NC(=O)/C(C#N)=C\c2cccc3ccccc23)n1. The second-order valence-corrected chi connectivity index (χ2v) is 8.40. The molecule has 0 aliphatic rings. The fourth-order valence-electron chi connectivity index (χ4n) is 2.36. The number of benzene rings is 2. The second-order valence-electron chi connectivity index (χ2n) is 5.48. The van der Waals surface area contributed by atoms with Gasteiger partial charge < -0.3 is 0 Å². The quantitative estimate of drug-likeness (QED) is 0.522. The molecule has 0 atom stereocenters. The molecular formula is C18H14N4O3S2. The van der Waals surface area contributed by atoms with E-state index in [4.69, 9.17) is 0 Å². The number of nitrogens with one attached hydrogen (secondary N) is 1. The van der Waals surface area contributed by atoms with E-state index in [1.807, 2.05) is 48.5 Å². The summed E-state index contributed by atoms with van der Waals surface area (Å²) in [4.78, 5) is 16.2. The van der Waals surface area contributed by atoms with Crippen LogP contribution in [0.3, 0.4) is 0 Å². The van der Waals surface area contributed by atoms with Gasteiger partial charge in [-0.2, -0.15) is 14.6 Å². The molecule has 0 aliphatic carbocycles. The van der Waals surface area contributed by atoms with Crippen molar-refractivity contribution in [1.29, 1.82) is 5.26 Å². The summed E-state index contributed by atoms with van der Waals surface area (Å²) < 4.78 is 27.3. The number of nitrogens with zero attached hydrogens (tertiary/aromatic N) is 3. The van der Waals surface area contributed by atoms with E-state index in [2.05, 4.69) is 14.7 Å². The molecule has 0 saturated heterocycles. The van der Waals surface area contributed by atoms with Gasteiger partial charge in [-0.1, -0.05) is 49.4 Å². The zero-order valence-electron chi connectivity index (χ0n) is 14.2. The van der Waals surface area contributed by atoms with Crippen molar-refractivity contribution in [2.24, 2.45) is 0 Å². The Hall–Kier alpha value is -3.09. The van der Waals surface area contributed by atoms with Crippen molar-refractivity contribution in [2.75, 3.05) is 11.1 Å². The van der Waals surface area contributed by atoms with Crippen molar-refractivity contribution >= 4 is 49.3 Å². The Labute approximate surface area is 160 Å². The number of rotatable bonds is 5. The summed E-state index contributed by atoms with van der Waals surface area (Å²) in [6.07, 6.45) is 1.49. The molecule has 0 saturated carbocycles. The molecule has 3 rings (SSSR count). The average Bonchev–Trinajstić information content (AvgIpc) is 3.15. The number of anilines is 1. The van der Waals surface area contributed by atoms with Crippen LogP contribution >= 0.6 is 11.5 Å². The highest BCUT2D eigenvalue weighted by atomic mass is 32.2. The summed E-state index contributed by atoms with van der Waals surface area (Å²) in [5.41, 5.74) is 0.604. The first kappa shape index (κ1) is 18.7. The van der Waals surface area contributed by atoms with Crippen LogP contribution in [0.25, 0.3) is 16.8 Å². The standard InChI is InChI=1S/C18H14N4O3S2/c1-2-27(24,25)18-21-17(26-22-18)20-16(23)14(11-19)10-13-8-5-7-12-6-3-4-9-15(12)13/h3-10H,2H2,1H3,(H,20,21,22,23)/b14-10-. The molecule has 136 valence electrons. The number of amides is 1. The van der Waals surface area contributed by atoms with E-state index < -0.39 is 15.7 Å². The first-order chi connectivity index (χ1) is 12.9. The number of carbonyl (C=O) groups excluding carboxylic acids is 1. The zero-order chi connectivity index (χ0) is 19.4. The zero-order valence-corrected chi connectivity index (χ0v) is 15.8. The summed E-state index contributed by atoms with van der Waals surface area (Å²) >= 11 is 0.748. The monoisotopic (exact) mass is 398 g/mol. The number of hydrogen-bond acceptors (Lipinski definition) is 7. The van der Waals surface area contributed by atoms with Crippen LogP contribution < -0.4 is 5.32 Å². The summed E-state index contributed by atoms with van der Waals surface area (Å²) in [5, 5.41) is 13.4. The third-order valence-electron chi connectivity index (χ3n) is 3.77. The molecule has 9 heteroatoms. The maximum Gasteiger partial charge on any atom is 0.268 e. The highest BCUT2D eigenvalue weighted by Gasteiger charge is 2.20. The molecular weight excluding hydrogens is 384 g/mol. The minimum atomic E-state index is -3.55. The van der Waals surface area contributed by atoms with Crippen LogP contribution in [0.5, 0.6) is 0 Å². The molecule has 1 amide bonds. The first-order valence-corrected chi connectivity index (χ1v) is 10.3. The molecule has 0 radical (unpaired) electrons. The van der Waals surface area contributed by atoms with Crippen molar-refractivity contribution in [3.05, 3.63) is 53.6 Å². The third-order valence-corrected chi connectivity index (χ3v) is 6.02. The van der Waals surface area contributed by atoms with Crippen LogP contribution in [0.2, 0.25) is 0 Å². The molecule has 1 aromatic heterocycles. The Bertz CT molecular complexity index is 1190. The number of carbonyl (C=O) groups is 1. The lowest BCUT2D eigenvalue weighted by Gasteiger charge is -2.03. The van der Waals surface area contributed by atoms with E-state index in [0.29, 0.717) is 0 Å². The van der Waals surface area contributed by atoms with Crippen LogP contribution in [0.1, 0.15) is 12.5 Å². The molecule has 7 nitrogen and oxygen atoms in total. The Balaban J connectivity index is 1.89. The molecule has 0 unspecified atom stereocenters. The smallest absolute Gasteiger partial charge is 0.268 e. The van der Waals surface area contributed by atoms with Gasteiger partial charge in [-0.15, -0.1) is 0 Å². The van der Waals surface area contributed by atoms with Gasteiger partial charge in [-0.05, 0) is 22.4 Å². The lowest BCUT2D eigenvalue weighted by molar-refractivity contribution is -0.112. The predicted octanol–water partition coefficient (Wildman–Crippen LogP) is 3.03. The van der Waals surface area contributed by atoms with E-state index in [1.54, 1.807) is 0 Å². The van der Waals surface area contributed by atoms with E-state index in [-0.39, 0.29) is 21.6 Å². The number of fused-ring (bicyclic) bond motifs is 1. The maximum absolute atomic E-state index is 12.4. The van der Waals surface area contributed by atoms with Gasteiger partial charge in [0.15, 0.2) is 0 Å². The largest absolute Gasteiger partial charge is 0.296 e. The highest BCUT2D eigenvalue weighted by molar-refractivity contribution is 7.91. The minimum Gasteiger partial charge on any atom is -0.296 e. The summed E-state index contributed by atoms with van der Waals surface area (Å²) in [7, 11) is -3.55. The minimum absolute atomic E-state index is 0.0195. The summed E-state index contributed by atoms with van der Waals surface area (Å²) in [5.74, 6) is -0.816. The van der Waals surface area contributed by atoms with Gasteiger partial charge in [0, 0.05) is 11.5 Å². The summed E-state index contributed by atoms with van der Waals surface area (Å²) in [6.45, 7) is 1.48. The molecule has 3 aromatic rings. The van der Waals surface area contributed by atoms with E-state index in [9.17, 15) is 18.5 Å². The molecule has 0 bridgehead atoms. The van der Waals surface area contributed by atoms with Crippen molar-refractivity contribution in [3.8, 4) is 6.07 Å². The molecule has 1 N–H and O–H groups in total. The van der Waals surface area contributed by atoms with Gasteiger partial charge in [-0.25, -0.2) is 8.42 Å². The Morgan fingerprint density at radius 1 is 1.26 bits per heavy atom. The van der Waals surface area contributed by atoms with E-state index in [1.165, 1.54) is 13.0 Å². The van der Waals surface area contributed by atoms with Crippen molar-refractivity contribution in [3.63, 3.8) is 0 Å². The first-order valence-electron chi connectivity index (χ1n) is 7.92. The molecule has 0 aliphatic heterocycles. The van der Waals surface area contributed by atoms with Gasteiger partial charge in [0.2, 0.25) is 15.0 Å². The van der Waals surface area contributed by atoms with Crippen molar-refractivity contribution < 1.29 is 13.2 Å². The fourth-order valence-corrected chi connectivity index (χ4v) is 3.94. The highest BCUT2D eigenvalue weighted by Crippen LogP contribution is 2.22. The lowest BCUT2D eigenvalue weighted by Crippen LogP contribution is -2.13. The maximum atomic E-state index is 12.4. The van der Waals surface area contributed by atoms with E-state index >= 15 is 0 Å². The van der Waals surface area contributed by atoms with Gasteiger partial charge in [0.1, 0.15) is 11.6 Å². The normalized spacial score (nSPS) is 11.9. The van der Waals surface area contributed by atoms with Gasteiger partial charge >= 0.3 is 0 Å². The van der Waals surface area contributed by atoms with Crippen LogP contribution in [0.15, 0.2) is 53.2 Å². The summed E-state index contributed by atoms with van der Waals surface area (Å²) in [6, 6.07) is 15.1. The predicted molar refractivity (Wildman–Crippen MR) is 104 cm³/mol. The van der Waals surface area contributed by atoms with Crippen LogP contribution in [-0.2, 0) is 14.6 Å². The number of nitriles is 1. The van der Waals surface area contributed by atoms with Crippen LogP contribution in [0, 0.1) is 11.3 Å². The molecule has 2 aromatic carbocycles.